The molecule has 2 unspecified atom stereocenters. The zero-order chi connectivity index (χ0) is 7.14. The molecule has 0 N–H and O–H groups in total. The maximum atomic E-state index is 11.1. The lowest BCUT2D eigenvalue weighted by atomic mass is 10.0. The fraction of sp³-hybridized carbons (Fsp3) is 0.875. The van der Waals surface area contributed by atoms with Gasteiger partial charge in [0, 0.05) is 19.0 Å². The molecule has 2 rings (SSSR count). The molecule has 0 aliphatic carbocycles. The molecule has 0 aromatic rings. The number of carbonyl (C=O) groups excluding carboxylic acids is 1. The monoisotopic (exact) mass is 139 g/mol. The van der Waals surface area contributed by atoms with Gasteiger partial charge >= 0.3 is 0 Å². The van der Waals surface area contributed by atoms with E-state index in [-0.39, 0.29) is 0 Å². The second kappa shape index (κ2) is 1.97. The molecule has 0 aromatic heterocycles. The average molecular weight is 139 g/mol. The molecule has 0 bridgehead atoms. The average Bonchev–Trinajstić information content (AvgIpc) is 2.41. The molecule has 10 heavy (non-hydrogen) atoms. The van der Waals surface area contributed by atoms with Crippen LogP contribution in [0.25, 0.3) is 0 Å². The SMILES string of the molecule is CC1CCN2C(=O)CCC12. The van der Waals surface area contributed by atoms with Crippen molar-refractivity contribution >= 4 is 5.91 Å². The molecule has 2 fully saturated rings. The summed E-state index contributed by atoms with van der Waals surface area (Å²) in [4.78, 5) is 13.2. The molecule has 1 amide bonds. The van der Waals surface area contributed by atoms with Crippen molar-refractivity contribution in [2.75, 3.05) is 6.54 Å². The molecule has 2 nitrogen and oxygen atoms in total. The predicted octanol–water partition coefficient (Wildman–Crippen LogP) is 1.02. The number of amides is 1. The molecule has 0 spiro atoms. The van der Waals surface area contributed by atoms with Gasteiger partial charge in [0.1, 0.15) is 0 Å². The third kappa shape index (κ3) is 0.678. The van der Waals surface area contributed by atoms with E-state index >= 15 is 0 Å². The second-order valence-electron chi connectivity index (χ2n) is 3.46. The van der Waals surface area contributed by atoms with Crippen LogP contribution < -0.4 is 0 Å². The van der Waals surface area contributed by atoms with Gasteiger partial charge in [-0.3, -0.25) is 4.79 Å². The van der Waals surface area contributed by atoms with Crippen molar-refractivity contribution in [2.45, 2.75) is 32.2 Å². The summed E-state index contributed by atoms with van der Waals surface area (Å²) in [7, 11) is 0. The quantitative estimate of drug-likeness (QED) is 0.490. The zero-order valence-corrected chi connectivity index (χ0v) is 6.34. The zero-order valence-electron chi connectivity index (χ0n) is 6.34. The summed E-state index contributed by atoms with van der Waals surface area (Å²) in [5.74, 6) is 1.14. The van der Waals surface area contributed by atoms with Crippen LogP contribution in [0.5, 0.6) is 0 Å². The van der Waals surface area contributed by atoms with E-state index in [0.717, 1.165) is 25.3 Å². The fourth-order valence-corrected chi connectivity index (χ4v) is 2.17. The van der Waals surface area contributed by atoms with E-state index in [1.54, 1.807) is 0 Å². The number of nitrogens with zero attached hydrogens (tertiary/aromatic N) is 1. The molecule has 56 valence electrons. The van der Waals surface area contributed by atoms with Crippen LogP contribution in [0.1, 0.15) is 26.2 Å². The Bertz CT molecular complexity index is 167. The molecule has 2 heteroatoms. The minimum absolute atomic E-state index is 0.384. The minimum Gasteiger partial charge on any atom is -0.339 e. The van der Waals surface area contributed by atoms with Crippen LogP contribution in [0.2, 0.25) is 0 Å². The molecule has 2 aliphatic heterocycles. The van der Waals surface area contributed by atoms with Crippen LogP contribution >= 0.6 is 0 Å². The van der Waals surface area contributed by atoms with E-state index in [1.165, 1.54) is 6.42 Å². The van der Waals surface area contributed by atoms with Gasteiger partial charge in [0.05, 0.1) is 0 Å². The number of rotatable bonds is 0. The van der Waals surface area contributed by atoms with E-state index in [2.05, 4.69) is 11.8 Å². The van der Waals surface area contributed by atoms with Crippen LogP contribution in [0, 0.1) is 5.92 Å². The van der Waals surface area contributed by atoms with Crippen molar-refractivity contribution in [1.82, 2.24) is 4.90 Å². The third-order valence-electron chi connectivity index (χ3n) is 2.86. The summed E-state index contributed by atoms with van der Waals surface area (Å²) in [6.45, 7) is 3.27. The Hall–Kier alpha value is -0.530. The number of hydrogen-bond donors (Lipinski definition) is 0. The Morgan fingerprint density at radius 3 is 3.00 bits per heavy atom. The fourth-order valence-electron chi connectivity index (χ4n) is 2.17. The largest absolute Gasteiger partial charge is 0.339 e. The molecule has 2 heterocycles. The first-order valence-electron chi connectivity index (χ1n) is 4.08. The number of carbonyl (C=O) groups is 1. The van der Waals surface area contributed by atoms with E-state index in [0.29, 0.717) is 11.9 Å². The maximum Gasteiger partial charge on any atom is 0.222 e. The number of fused-ring (bicyclic) bond motifs is 1. The highest BCUT2D eigenvalue weighted by molar-refractivity contribution is 5.79. The molecule has 2 aliphatic rings. The van der Waals surface area contributed by atoms with Gasteiger partial charge in [-0.05, 0) is 18.8 Å². The van der Waals surface area contributed by atoms with Crippen molar-refractivity contribution in [3.8, 4) is 0 Å². The highest BCUT2D eigenvalue weighted by Gasteiger charge is 2.38. The van der Waals surface area contributed by atoms with Crippen molar-refractivity contribution in [3.63, 3.8) is 0 Å². The maximum absolute atomic E-state index is 11.1. The molecule has 0 radical (unpaired) electrons. The minimum atomic E-state index is 0.384. The van der Waals surface area contributed by atoms with Crippen LogP contribution in [-0.4, -0.2) is 23.4 Å². The van der Waals surface area contributed by atoms with Gasteiger partial charge in [0.2, 0.25) is 5.91 Å². The van der Waals surface area contributed by atoms with Gasteiger partial charge in [-0.1, -0.05) is 6.92 Å². The summed E-state index contributed by atoms with van der Waals surface area (Å²) in [5, 5.41) is 0. The molecule has 2 saturated heterocycles. The Kier molecular flexibility index (Phi) is 1.22. The summed E-state index contributed by atoms with van der Waals surface area (Å²) >= 11 is 0. The van der Waals surface area contributed by atoms with Crippen molar-refractivity contribution < 1.29 is 4.79 Å². The lowest BCUT2D eigenvalue weighted by Crippen LogP contribution is -2.28. The third-order valence-corrected chi connectivity index (χ3v) is 2.86. The highest BCUT2D eigenvalue weighted by atomic mass is 16.2. The molecule has 0 aromatic carbocycles. The second-order valence-corrected chi connectivity index (χ2v) is 3.46. The van der Waals surface area contributed by atoms with Crippen LogP contribution in [0.3, 0.4) is 0 Å². The van der Waals surface area contributed by atoms with E-state index in [9.17, 15) is 4.79 Å². The summed E-state index contributed by atoms with van der Waals surface area (Å²) in [6.07, 6.45) is 3.13. The van der Waals surface area contributed by atoms with Gasteiger partial charge in [-0.25, -0.2) is 0 Å². The first-order valence-corrected chi connectivity index (χ1v) is 4.08. The smallest absolute Gasteiger partial charge is 0.222 e. The Morgan fingerprint density at radius 2 is 2.30 bits per heavy atom. The van der Waals surface area contributed by atoms with Crippen molar-refractivity contribution in [2.24, 2.45) is 5.92 Å². The van der Waals surface area contributed by atoms with Crippen LogP contribution in [-0.2, 0) is 4.79 Å². The lowest BCUT2D eigenvalue weighted by Gasteiger charge is -2.16. The van der Waals surface area contributed by atoms with Crippen LogP contribution in [0.4, 0.5) is 0 Å². The Morgan fingerprint density at radius 1 is 1.50 bits per heavy atom. The molecule has 2 atom stereocenters. The molecule has 0 saturated carbocycles. The van der Waals surface area contributed by atoms with Gasteiger partial charge in [0.15, 0.2) is 0 Å². The highest BCUT2D eigenvalue weighted by Crippen LogP contribution is 2.32. The molecular weight excluding hydrogens is 126 g/mol. The normalized spacial score (nSPS) is 38.9. The first-order chi connectivity index (χ1) is 4.79. The molecular formula is C8H13NO. The lowest BCUT2D eigenvalue weighted by molar-refractivity contribution is -0.128. The number of hydrogen-bond acceptors (Lipinski definition) is 1. The Labute approximate surface area is 61.2 Å². The summed E-state index contributed by atoms with van der Waals surface area (Å²) in [5.41, 5.74) is 0. The van der Waals surface area contributed by atoms with Crippen LogP contribution in [0.15, 0.2) is 0 Å². The van der Waals surface area contributed by atoms with Gasteiger partial charge in [0.25, 0.3) is 0 Å². The first kappa shape index (κ1) is 6.20. The van der Waals surface area contributed by atoms with Crippen molar-refractivity contribution in [3.05, 3.63) is 0 Å². The Balaban J connectivity index is 2.16. The summed E-state index contributed by atoms with van der Waals surface area (Å²) in [6, 6.07) is 0.604. The van der Waals surface area contributed by atoms with Gasteiger partial charge in [-0.15, -0.1) is 0 Å². The van der Waals surface area contributed by atoms with Gasteiger partial charge in [-0.2, -0.15) is 0 Å². The topological polar surface area (TPSA) is 20.3 Å². The summed E-state index contributed by atoms with van der Waals surface area (Å²) < 4.78 is 0. The van der Waals surface area contributed by atoms with Gasteiger partial charge < -0.3 is 4.90 Å². The van der Waals surface area contributed by atoms with E-state index in [1.807, 2.05) is 0 Å². The van der Waals surface area contributed by atoms with Crippen molar-refractivity contribution in [1.29, 1.82) is 0 Å². The predicted molar refractivity (Wildman–Crippen MR) is 38.5 cm³/mol. The van der Waals surface area contributed by atoms with E-state index < -0.39 is 0 Å². The van der Waals surface area contributed by atoms with E-state index in [4.69, 9.17) is 0 Å². The standard InChI is InChI=1S/C8H13NO/c1-6-4-5-9-7(6)2-3-8(9)10/h6-7H,2-5H2,1H3.